The molecule has 2 aromatic heterocycles. The van der Waals surface area contributed by atoms with Crippen molar-refractivity contribution >= 4 is 21.1 Å². The molecule has 0 radical (unpaired) electrons. The van der Waals surface area contributed by atoms with Gasteiger partial charge in [-0.2, -0.15) is 4.31 Å². The maximum absolute atomic E-state index is 13.6. The Kier molecular flexibility index (Phi) is 8.92. The summed E-state index contributed by atoms with van der Waals surface area (Å²) < 4.78 is 36.4. The van der Waals surface area contributed by atoms with Crippen LogP contribution in [0.2, 0.25) is 0 Å². The lowest BCUT2D eigenvalue weighted by Gasteiger charge is -2.33. The van der Waals surface area contributed by atoms with Crippen LogP contribution in [0.4, 0.5) is 0 Å². The zero-order chi connectivity index (χ0) is 27.4. The SMILES string of the molecule is CCCOc1ccc(S(=O)(=O)N2CCC([C@H](O)CO)CC2)cc1-c1nc2c(CCC)cn(CC)c2c(=O)[nH]1. The van der Waals surface area contributed by atoms with Crippen molar-refractivity contribution in [2.75, 3.05) is 26.3 Å². The minimum absolute atomic E-state index is 0.0835. The molecule has 1 aromatic carbocycles. The number of aliphatic hydroxyl groups is 2. The van der Waals surface area contributed by atoms with E-state index in [-0.39, 0.29) is 41.9 Å². The van der Waals surface area contributed by atoms with E-state index in [1.807, 2.05) is 24.6 Å². The molecule has 10 nitrogen and oxygen atoms in total. The number of hydrogen-bond acceptors (Lipinski definition) is 7. The van der Waals surface area contributed by atoms with E-state index in [4.69, 9.17) is 9.72 Å². The second-order valence-electron chi connectivity index (χ2n) is 9.80. The molecule has 1 aliphatic rings. The molecule has 1 saturated heterocycles. The summed E-state index contributed by atoms with van der Waals surface area (Å²) in [7, 11) is -3.85. The number of benzene rings is 1. The molecule has 4 rings (SSSR count). The molecule has 3 heterocycles. The van der Waals surface area contributed by atoms with Gasteiger partial charge in [0, 0.05) is 25.8 Å². The molecule has 1 atom stereocenters. The number of sulfonamides is 1. The van der Waals surface area contributed by atoms with E-state index in [1.54, 1.807) is 6.07 Å². The van der Waals surface area contributed by atoms with Crippen molar-refractivity contribution in [2.24, 2.45) is 5.92 Å². The number of nitrogens with zero attached hydrogens (tertiary/aromatic N) is 3. The third kappa shape index (κ3) is 5.51. The Balaban J connectivity index is 1.78. The molecule has 1 fully saturated rings. The number of hydrogen-bond donors (Lipinski definition) is 3. The summed E-state index contributed by atoms with van der Waals surface area (Å²) in [4.78, 5) is 21.0. The second-order valence-corrected chi connectivity index (χ2v) is 11.7. The summed E-state index contributed by atoms with van der Waals surface area (Å²) >= 11 is 0. The number of piperidine rings is 1. The fourth-order valence-corrected chi connectivity index (χ4v) is 6.59. The Hall–Kier alpha value is -2.73. The molecule has 0 unspecified atom stereocenters. The highest BCUT2D eigenvalue weighted by Gasteiger charge is 2.32. The summed E-state index contributed by atoms with van der Waals surface area (Å²) in [5.41, 5.74) is 2.23. The molecular weight excluding hydrogens is 508 g/mol. The van der Waals surface area contributed by atoms with Gasteiger partial charge in [0.15, 0.2) is 0 Å². The minimum atomic E-state index is -3.85. The number of rotatable bonds is 11. The number of H-pyrrole nitrogens is 1. The lowest BCUT2D eigenvalue weighted by atomic mass is 9.93. The first-order valence-electron chi connectivity index (χ1n) is 13.4. The maximum atomic E-state index is 13.6. The number of ether oxygens (including phenoxy) is 1. The molecule has 0 saturated carbocycles. The Morgan fingerprint density at radius 2 is 1.92 bits per heavy atom. The number of nitrogens with one attached hydrogen (secondary N) is 1. The fourth-order valence-electron chi connectivity index (χ4n) is 5.09. The molecule has 0 aliphatic carbocycles. The van der Waals surface area contributed by atoms with Crippen molar-refractivity contribution < 1.29 is 23.4 Å². The van der Waals surface area contributed by atoms with Gasteiger partial charge in [0.25, 0.3) is 5.56 Å². The van der Waals surface area contributed by atoms with E-state index < -0.39 is 16.1 Å². The standard InChI is InChI=1S/C27H38N4O6S/c1-4-7-19-16-30(6-3)25-24(19)28-26(29-27(25)34)21-15-20(8-9-23(21)37-14-5-2)38(35,36)31-12-10-18(11-13-31)22(33)17-32/h8-9,15-16,18,22,32-33H,4-7,10-14,17H2,1-3H3,(H,28,29,34)/t22-/m1/s1. The Morgan fingerprint density at radius 1 is 1.18 bits per heavy atom. The maximum Gasteiger partial charge on any atom is 0.275 e. The number of fused-ring (bicyclic) bond motifs is 1. The van der Waals surface area contributed by atoms with E-state index in [1.165, 1.54) is 16.4 Å². The van der Waals surface area contributed by atoms with Crippen molar-refractivity contribution in [1.29, 1.82) is 0 Å². The largest absolute Gasteiger partial charge is 0.493 e. The van der Waals surface area contributed by atoms with E-state index in [0.29, 0.717) is 48.3 Å². The number of aliphatic hydroxyl groups excluding tert-OH is 2. The summed E-state index contributed by atoms with van der Waals surface area (Å²) in [6.45, 7) is 7.25. The van der Waals surface area contributed by atoms with E-state index >= 15 is 0 Å². The van der Waals surface area contributed by atoms with Crippen molar-refractivity contribution in [2.45, 2.75) is 70.4 Å². The van der Waals surface area contributed by atoms with Gasteiger partial charge in [-0.3, -0.25) is 4.79 Å². The lowest BCUT2D eigenvalue weighted by Crippen LogP contribution is -2.41. The van der Waals surface area contributed by atoms with Crippen LogP contribution in [0, 0.1) is 5.92 Å². The van der Waals surface area contributed by atoms with Crippen LogP contribution in [0.5, 0.6) is 5.75 Å². The molecular formula is C27H38N4O6S. The van der Waals surface area contributed by atoms with Crippen LogP contribution in [-0.4, -0.2) is 69.9 Å². The molecule has 208 valence electrons. The molecule has 0 bridgehead atoms. The zero-order valence-corrected chi connectivity index (χ0v) is 23.1. The molecule has 3 N–H and O–H groups in total. The second kappa shape index (κ2) is 12.0. The van der Waals surface area contributed by atoms with Crippen molar-refractivity contribution in [3.05, 3.63) is 40.3 Å². The van der Waals surface area contributed by atoms with Crippen molar-refractivity contribution in [1.82, 2.24) is 18.8 Å². The first-order chi connectivity index (χ1) is 18.2. The summed E-state index contributed by atoms with van der Waals surface area (Å²) in [5.74, 6) is 0.576. The van der Waals surface area contributed by atoms with Crippen LogP contribution in [0.25, 0.3) is 22.4 Å². The van der Waals surface area contributed by atoms with Crippen LogP contribution >= 0.6 is 0 Å². The first-order valence-corrected chi connectivity index (χ1v) is 14.9. The smallest absolute Gasteiger partial charge is 0.275 e. The number of aromatic amines is 1. The third-order valence-electron chi connectivity index (χ3n) is 7.19. The quantitative estimate of drug-likeness (QED) is 0.336. The normalized spacial score (nSPS) is 16.2. The van der Waals surface area contributed by atoms with Crippen molar-refractivity contribution in [3.8, 4) is 17.1 Å². The Bertz CT molecular complexity index is 1420. The summed E-state index contributed by atoms with van der Waals surface area (Å²) in [6.07, 6.45) is 4.48. The van der Waals surface area contributed by atoms with Crippen LogP contribution in [0.1, 0.15) is 52.0 Å². The van der Waals surface area contributed by atoms with E-state index in [9.17, 15) is 23.4 Å². The van der Waals surface area contributed by atoms with Gasteiger partial charge in [0.2, 0.25) is 10.0 Å². The molecule has 3 aromatic rings. The van der Waals surface area contributed by atoms with Gasteiger partial charge in [-0.15, -0.1) is 0 Å². The van der Waals surface area contributed by atoms with Gasteiger partial charge in [-0.1, -0.05) is 20.3 Å². The molecule has 0 spiro atoms. The average molecular weight is 547 g/mol. The Morgan fingerprint density at radius 3 is 2.55 bits per heavy atom. The van der Waals surface area contributed by atoms with Gasteiger partial charge >= 0.3 is 0 Å². The first kappa shape index (κ1) is 28.3. The minimum Gasteiger partial charge on any atom is -0.493 e. The Labute approximate surface area is 223 Å². The predicted molar refractivity (Wildman–Crippen MR) is 146 cm³/mol. The molecule has 11 heteroatoms. The van der Waals surface area contributed by atoms with Crippen LogP contribution < -0.4 is 10.3 Å². The highest BCUT2D eigenvalue weighted by atomic mass is 32.2. The highest BCUT2D eigenvalue weighted by Crippen LogP contribution is 2.34. The summed E-state index contributed by atoms with van der Waals surface area (Å²) in [6, 6.07) is 4.66. The van der Waals surface area contributed by atoms with E-state index in [2.05, 4.69) is 11.9 Å². The van der Waals surface area contributed by atoms with Gasteiger partial charge < -0.3 is 24.5 Å². The van der Waals surface area contributed by atoms with Crippen LogP contribution in [-0.2, 0) is 23.0 Å². The van der Waals surface area contributed by atoms with E-state index in [0.717, 1.165) is 24.8 Å². The lowest BCUT2D eigenvalue weighted by molar-refractivity contribution is 0.0278. The van der Waals surface area contributed by atoms with Gasteiger partial charge in [0.1, 0.15) is 17.1 Å². The highest BCUT2D eigenvalue weighted by molar-refractivity contribution is 7.89. The van der Waals surface area contributed by atoms with Crippen LogP contribution in [0.3, 0.4) is 0 Å². The van der Waals surface area contributed by atoms with Gasteiger partial charge in [-0.25, -0.2) is 13.4 Å². The third-order valence-corrected chi connectivity index (χ3v) is 9.09. The van der Waals surface area contributed by atoms with Gasteiger partial charge in [-0.05, 0) is 62.3 Å². The average Bonchev–Trinajstić information content (AvgIpc) is 3.29. The molecule has 38 heavy (non-hydrogen) atoms. The monoisotopic (exact) mass is 546 g/mol. The number of aryl methyl sites for hydroxylation is 2. The topological polar surface area (TPSA) is 138 Å². The summed E-state index contributed by atoms with van der Waals surface area (Å²) in [5, 5.41) is 19.2. The zero-order valence-electron chi connectivity index (χ0n) is 22.3. The molecule has 1 aliphatic heterocycles. The van der Waals surface area contributed by atoms with Crippen LogP contribution in [0.15, 0.2) is 34.1 Å². The predicted octanol–water partition coefficient (Wildman–Crippen LogP) is 2.91. The fraction of sp³-hybridized carbons (Fsp3) is 0.556. The number of aromatic nitrogens is 3. The molecule has 0 amide bonds. The van der Waals surface area contributed by atoms with Gasteiger partial charge in [0.05, 0.1) is 35.3 Å². The van der Waals surface area contributed by atoms with Crippen molar-refractivity contribution in [3.63, 3.8) is 0 Å².